The second kappa shape index (κ2) is 6.49. The minimum absolute atomic E-state index is 0.0701. The van der Waals surface area contributed by atoms with Crippen LogP contribution >= 0.6 is 0 Å². The predicted octanol–water partition coefficient (Wildman–Crippen LogP) is -1.60. The third-order valence-electron chi connectivity index (χ3n) is 2.12. The van der Waals surface area contributed by atoms with Crippen LogP contribution in [0, 0.1) is 0 Å². The zero-order valence-corrected chi connectivity index (χ0v) is 9.62. The number of aromatic amines is 1. The molecule has 2 atom stereocenters. The molecule has 0 spiro atoms. The van der Waals surface area contributed by atoms with Crippen molar-refractivity contribution in [2.45, 2.75) is 25.4 Å². The Balaban J connectivity index is 2.47. The topological polar surface area (TPSA) is 153 Å². The minimum Gasteiger partial charge on any atom is -0.480 e. The van der Waals surface area contributed by atoms with Crippen molar-refractivity contribution in [3.63, 3.8) is 0 Å². The van der Waals surface area contributed by atoms with Crippen LogP contribution in [0.3, 0.4) is 0 Å². The summed E-state index contributed by atoms with van der Waals surface area (Å²) in [6, 6.07) is -2.35. The second-order valence-electron chi connectivity index (χ2n) is 3.51. The highest BCUT2D eigenvalue weighted by Gasteiger charge is 2.21. The van der Waals surface area contributed by atoms with Gasteiger partial charge in [0.2, 0.25) is 0 Å². The van der Waals surface area contributed by atoms with E-state index in [9.17, 15) is 9.59 Å². The number of carboxylic acids is 1. The number of carbonyl (C=O) groups excluding carboxylic acids is 1. The molecular weight excluding hydrogens is 244 g/mol. The van der Waals surface area contributed by atoms with Gasteiger partial charge in [-0.05, 0) is 6.92 Å². The molecular formula is C8H14N6O4. The number of amides is 2. The van der Waals surface area contributed by atoms with Crippen molar-refractivity contribution in [3.8, 4) is 0 Å². The number of carbonyl (C=O) groups is 2. The number of urea groups is 1. The maximum atomic E-state index is 11.5. The Labute approximate surface area is 102 Å². The van der Waals surface area contributed by atoms with Crippen LogP contribution in [-0.4, -0.2) is 55.5 Å². The molecule has 0 aliphatic rings. The number of aliphatic hydroxyl groups excluding tert-OH is 1. The lowest BCUT2D eigenvalue weighted by molar-refractivity contribution is -0.139. The molecule has 1 rings (SSSR count). The molecule has 0 saturated carbocycles. The third-order valence-corrected chi connectivity index (χ3v) is 2.12. The monoisotopic (exact) mass is 258 g/mol. The quantitative estimate of drug-likeness (QED) is 0.411. The van der Waals surface area contributed by atoms with Gasteiger partial charge in [0.05, 0.1) is 6.04 Å². The van der Waals surface area contributed by atoms with Crippen molar-refractivity contribution >= 4 is 12.0 Å². The maximum absolute atomic E-state index is 11.5. The Morgan fingerprint density at radius 1 is 1.44 bits per heavy atom. The van der Waals surface area contributed by atoms with Crippen LogP contribution in [0.2, 0.25) is 0 Å². The molecule has 0 radical (unpaired) electrons. The molecule has 1 aromatic rings. The predicted molar refractivity (Wildman–Crippen MR) is 57.4 cm³/mol. The second-order valence-corrected chi connectivity index (χ2v) is 3.51. The van der Waals surface area contributed by atoms with E-state index in [-0.39, 0.29) is 18.9 Å². The van der Waals surface area contributed by atoms with Gasteiger partial charge >= 0.3 is 12.0 Å². The lowest BCUT2D eigenvalue weighted by atomic mass is 10.2. The van der Waals surface area contributed by atoms with Gasteiger partial charge in [-0.25, -0.2) is 9.59 Å². The molecule has 1 aromatic heterocycles. The molecule has 18 heavy (non-hydrogen) atoms. The van der Waals surface area contributed by atoms with Crippen LogP contribution in [0.5, 0.6) is 0 Å². The molecule has 1 heterocycles. The largest absolute Gasteiger partial charge is 0.480 e. The Hall–Kier alpha value is -2.23. The normalized spacial score (nSPS) is 13.7. The Morgan fingerprint density at radius 3 is 2.67 bits per heavy atom. The highest BCUT2D eigenvalue weighted by molar-refractivity contribution is 5.82. The number of aliphatic carboxylic acids is 1. The van der Waals surface area contributed by atoms with Crippen LogP contribution in [0.1, 0.15) is 25.2 Å². The lowest BCUT2D eigenvalue weighted by Crippen LogP contribution is -2.47. The number of hydrogen-bond acceptors (Lipinski definition) is 6. The molecule has 0 aromatic carbocycles. The smallest absolute Gasteiger partial charge is 0.326 e. The zero-order chi connectivity index (χ0) is 13.5. The van der Waals surface area contributed by atoms with Gasteiger partial charge in [0.1, 0.15) is 6.04 Å². The molecule has 0 saturated heterocycles. The molecule has 2 amide bonds. The third kappa shape index (κ3) is 3.97. The van der Waals surface area contributed by atoms with E-state index in [0.717, 1.165) is 0 Å². The molecule has 0 bridgehead atoms. The van der Waals surface area contributed by atoms with Gasteiger partial charge in [-0.15, -0.1) is 10.2 Å². The Bertz CT molecular complexity index is 394. The van der Waals surface area contributed by atoms with Crippen molar-refractivity contribution in [2.75, 3.05) is 6.61 Å². The van der Waals surface area contributed by atoms with E-state index in [1.165, 1.54) is 0 Å². The molecule has 5 N–H and O–H groups in total. The average Bonchev–Trinajstić information content (AvgIpc) is 2.81. The number of nitrogens with one attached hydrogen (secondary N) is 3. The summed E-state index contributed by atoms with van der Waals surface area (Å²) in [5.41, 5.74) is 0. The zero-order valence-electron chi connectivity index (χ0n) is 9.62. The van der Waals surface area contributed by atoms with Crippen molar-refractivity contribution in [1.82, 2.24) is 31.3 Å². The lowest BCUT2D eigenvalue weighted by Gasteiger charge is -2.15. The van der Waals surface area contributed by atoms with Gasteiger partial charge in [0, 0.05) is 13.0 Å². The molecule has 1 unspecified atom stereocenters. The van der Waals surface area contributed by atoms with E-state index in [1.54, 1.807) is 6.92 Å². The van der Waals surface area contributed by atoms with Crippen molar-refractivity contribution in [1.29, 1.82) is 0 Å². The fourth-order valence-corrected chi connectivity index (χ4v) is 1.20. The first-order valence-electron chi connectivity index (χ1n) is 5.18. The standard InChI is InChI=1S/C8H14N6O4/c1-4(6-11-13-14-12-6)9-8(18)10-5(2-3-15)7(16)17/h4-5,15H,2-3H2,1H3,(H,16,17)(H2,9,10,18)(H,11,12,13,14)/t4?,5-/m1/s1. The van der Waals surface area contributed by atoms with E-state index in [4.69, 9.17) is 10.2 Å². The van der Waals surface area contributed by atoms with Crippen LogP contribution in [0.15, 0.2) is 0 Å². The van der Waals surface area contributed by atoms with Gasteiger partial charge in [-0.2, -0.15) is 5.21 Å². The molecule has 0 aliphatic carbocycles. The maximum Gasteiger partial charge on any atom is 0.326 e. The first-order valence-corrected chi connectivity index (χ1v) is 5.18. The van der Waals surface area contributed by atoms with Gasteiger partial charge in [0.15, 0.2) is 5.82 Å². The molecule has 0 fully saturated rings. The van der Waals surface area contributed by atoms with E-state index in [1.807, 2.05) is 0 Å². The number of hydrogen-bond donors (Lipinski definition) is 5. The number of nitrogens with zero attached hydrogens (tertiary/aromatic N) is 3. The SMILES string of the molecule is CC(NC(=O)N[C@H](CCO)C(=O)O)c1nn[nH]n1. The first kappa shape index (κ1) is 13.8. The molecule has 10 heteroatoms. The fourth-order valence-electron chi connectivity index (χ4n) is 1.20. The number of carboxylic acid groups (broad SMARTS) is 1. The summed E-state index contributed by atoms with van der Waals surface area (Å²) >= 11 is 0. The molecule has 0 aliphatic heterocycles. The number of aromatic nitrogens is 4. The van der Waals surface area contributed by atoms with E-state index in [2.05, 4.69) is 31.3 Å². The highest BCUT2D eigenvalue weighted by atomic mass is 16.4. The van der Waals surface area contributed by atoms with Crippen molar-refractivity contribution in [3.05, 3.63) is 5.82 Å². The van der Waals surface area contributed by atoms with Gasteiger partial charge < -0.3 is 20.8 Å². The summed E-state index contributed by atoms with van der Waals surface area (Å²) in [6.07, 6.45) is -0.0701. The van der Waals surface area contributed by atoms with Gasteiger partial charge in [0.25, 0.3) is 0 Å². The number of tetrazole rings is 1. The number of H-pyrrole nitrogens is 1. The summed E-state index contributed by atoms with van der Waals surface area (Å²) in [6.45, 7) is 1.28. The van der Waals surface area contributed by atoms with Crippen LogP contribution < -0.4 is 10.6 Å². The number of aliphatic hydroxyl groups is 1. The van der Waals surface area contributed by atoms with E-state index in [0.29, 0.717) is 0 Å². The summed E-state index contributed by atoms with van der Waals surface area (Å²) in [5, 5.41) is 35.0. The fraction of sp³-hybridized carbons (Fsp3) is 0.625. The Morgan fingerprint density at radius 2 is 2.17 bits per heavy atom. The summed E-state index contributed by atoms with van der Waals surface area (Å²) in [7, 11) is 0. The average molecular weight is 258 g/mol. The van der Waals surface area contributed by atoms with Crippen LogP contribution in [0.25, 0.3) is 0 Å². The summed E-state index contributed by atoms with van der Waals surface area (Å²) in [5.74, 6) is -0.939. The highest BCUT2D eigenvalue weighted by Crippen LogP contribution is 2.02. The summed E-state index contributed by atoms with van der Waals surface area (Å²) < 4.78 is 0. The molecule has 10 nitrogen and oxygen atoms in total. The van der Waals surface area contributed by atoms with E-state index >= 15 is 0 Å². The first-order chi connectivity index (χ1) is 8.54. The number of rotatable bonds is 6. The Kier molecular flexibility index (Phi) is 4.99. The van der Waals surface area contributed by atoms with Gasteiger partial charge in [-0.1, -0.05) is 5.21 Å². The minimum atomic E-state index is -1.22. The van der Waals surface area contributed by atoms with Crippen LogP contribution in [-0.2, 0) is 4.79 Å². The van der Waals surface area contributed by atoms with Crippen molar-refractivity contribution < 1.29 is 19.8 Å². The van der Waals surface area contributed by atoms with E-state index < -0.39 is 24.1 Å². The van der Waals surface area contributed by atoms with Crippen molar-refractivity contribution in [2.24, 2.45) is 0 Å². The summed E-state index contributed by atoms with van der Waals surface area (Å²) in [4.78, 5) is 22.2. The van der Waals surface area contributed by atoms with Crippen LogP contribution in [0.4, 0.5) is 4.79 Å². The molecule has 100 valence electrons. The van der Waals surface area contributed by atoms with Gasteiger partial charge in [-0.3, -0.25) is 0 Å².